The summed E-state index contributed by atoms with van der Waals surface area (Å²) in [7, 11) is 2.15. The van der Waals surface area contributed by atoms with Crippen LogP contribution in [-0.2, 0) is 4.79 Å². The molecule has 0 radical (unpaired) electrons. The van der Waals surface area contributed by atoms with Crippen molar-refractivity contribution in [2.45, 2.75) is 12.3 Å². The molecule has 8 heteroatoms. The van der Waals surface area contributed by atoms with Gasteiger partial charge in [-0.3, -0.25) is 4.79 Å². The molecule has 0 spiro atoms. The predicted molar refractivity (Wildman–Crippen MR) is 131 cm³/mol. The summed E-state index contributed by atoms with van der Waals surface area (Å²) in [6, 6.07) is 10.2. The van der Waals surface area contributed by atoms with E-state index >= 15 is 0 Å². The van der Waals surface area contributed by atoms with Gasteiger partial charge in [-0.2, -0.15) is 0 Å². The Balaban J connectivity index is 1.34. The van der Waals surface area contributed by atoms with Gasteiger partial charge in [0.05, 0.1) is 17.4 Å². The highest BCUT2D eigenvalue weighted by Crippen LogP contribution is 2.32. The van der Waals surface area contributed by atoms with Gasteiger partial charge in [-0.25, -0.2) is 15.0 Å². The minimum atomic E-state index is -0.0118. The van der Waals surface area contributed by atoms with E-state index in [9.17, 15) is 4.79 Å². The molecular formula is C25H29N7O. The highest BCUT2D eigenvalue weighted by atomic mass is 16.2. The van der Waals surface area contributed by atoms with Crippen molar-refractivity contribution in [3.8, 4) is 0 Å². The zero-order valence-electron chi connectivity index (χ0n) is 18.9. The summed E-state index contributed by atoms with van der Waals surface area (Å²) >= 11 is 0. The third-order valence-electron chi connectivity index (χ3n) is 6.59. The number of likely N-dealkylation sites (tertiary alicyclic amines) is 1. The second kappa shape index (κ2) is 9.15. The number of amides is 1. The van der Waals surface area contributed by atoms with Crippen LogP contribution in [0.1, 0.15) is 17.9 Å². The van der Waals surface area contributed by atoms with Crippen LogP contribution in [0.25, 0.3) is 10.9 Å². The maximum absolute atomic E-state index is 12.0. The van der Waals surface area contributed by atoms with Crippen LogP contribution in [0.3, 0.4) is 0 Å². The summed E-state index contributed by atoms with van der Waals surface area (Å²) in [4.78, 5) is 32.5. The second-order valence-electron chi connectivity index (χ2n) is 8.77. The summed E-state index contributed by atoms with van der Waals surface area (Å²) in [6.45, 7) is 9.12. The normalized spacial score (nSPS) is 19.1. The molecule has 0 unspecified atom stereocenters. The Hall–Kier alpha value is -3.52. The summed E-state index contributed by atoms with van der Waals surface area (Å²) in [5.41, 5.74) is 2.93. The molecule has 170 valence electrons. The topological polar surface area (TPSA) is 77.5 Å². The van der Waals surface area contributed by atoms with Crippen LogP contribution in [-0.4, -0.2) is 77.0 Å². The summed E-state index contributed by atoms with van der Waals surface area (Å²) < 4.78 is 0. The first-order valence-corrected chi connectivity index (χ1v) is 11.4. The fourth-order valence-corrected chi connectivity index (χ4v) is 4.62. The molecule has 1 N–H and O–H groups in total. The first-order chi connectivity index (χ1) is 16.1. The molecule has 5 rings (SSSR count). The second-order valence-corrected chi connectivity index (χ2v) is 8.77. The quantitative estimate of drug-likeness (QED) is 0.608. The lowest BCUT2D eigenvalue weighted by Gasteiger charge is -2.33. The van der Waals surface area contributed by atoms with Crippen molar-refractivity contribution in [2.75, 3.05) is 56.5 Å². The standard InChI is InChI=1S/C25H29N7O/c1-3-23(33)32-10-9-19(17-32)21-6-4-5-18-15-27-25(29-24(18)21)28-20-7-8-22(26-16-20)31-13-11-30(2)12-14-31/h3-8,15-16,19H,1,9-14,17H2,2H3,(H,27,28,29)/t19-/m1/s1. The molecule has 2 saturated heterocycles. The lowest BCUT2D eigenvalue weighted by atomic mass is 9.96. The molecule has 3 aromatic rings. The first kappa shape index (κ1) is 21.3. The molecule has 0 saturated carbocycles. The number of nitrogens with one attached hydrogen (secondary N) is 1. The third kappa shape index (κ3) is 4.52. The van der Waals surface area contributed by atoms with Gasteiger partial charge in [0.2, 0.25) is 11.9 Å². The minimum absolute atomic E-state index is 0.0118. The van der Waals surface area contributed by atoms with Gasteiger partial charge in [-0.05, 0) is 37.2 Å². The van der Waals surface area contributed by atoms with Crippen LogP contribution in [0.2, 0.25) is 0 Å². The number of rotatable bonds is 5. The number of anilines is 3. The van der Waals surface area contributed by atoms with Gasteiger partial charge in [0.15, 0.2) is 0 Å². The van der Waals surface area contributed by atoms with Crippen LogP contribution in [0.5, 0.6) is 0 Å². The van der Waals surface area contributed by atoms with Crippen molar-refractivity contribution in [2.24, 2.45) is 0 Å². The van der Waals surface area contributed by atoms with Crippen LogP contribution in [0.4, 0.5) is 17.5 Å². The van der Waals surface area contributed by atoms with Gasteiger partial charge >= 0.3 is 0 Å². The lowest BCUT2D eigenvalue weighted by Crippen LogP contribution is -2.44. The number of hydrogen-bond donors (Lipinski definition) is 1. The SMILES string of the molecule is C=CC(=O)N1CC[C@@H](c2cccc3cnc(Nc4ccc(N5CCN(C)CC5)nc4)nc23)C1. The van der Waals surface area contributed by atoms with E-state index in [1.807, 2.05) is 41.6 Å². The van der Waals surface area contributed by atoms with E-state index in [0.717, 1.165) is 67.1 Å². The predicted octanol–water partition coefficient (Wildman–Crippen LogP) is 3.02. The molecule has 4 heterocycles. The fourth-order valence-electron chi connectivity index (χ4n) is 4.62. The smallest absolute Gasteiger partial charge is 0.245 e. The van der Waals surface area contributed by atoms with Gasteiger partial charge in [0.1, 0.15) is 5.82 Å². The number of piperazine rings is 1. The monoisotopic (exact) mass is 443 g/mol. The third-order valence-corrected chi connectivity index (χ3v) is 6.59. The average Bonchev–Trinajstić information content (AvgIpc) is 3.34. The molecule has 0 aliphatic carbocycles. The first-order valence-electron chi connectivity index (χ1n) is 11.4. The Bertz CT molecular complexity index is 1160. The average molecular weight is 444 g/mol. The van der Waals surface area contributed by atoms with Crippen LogP contribution < -0.4 is 10.2 Å². The van der Waals surface area contributed by atoms with Crippen molar-refractivity contribution in [1.29, 1.82) is 0 Å². The highest BCUT2D eigenvalue weighted by molar-refractivity contribution is 5.87. The highest BCUT2D eigenvalue weighted by Gasteiger charge is 2.27. The van der Waals surface area contributed by atoms with E-state index in [1.165, 1.54) is 6.08 Å². The largest absolute Gasteiger partial charge is 0.354 e. The number of carbonyl (C=O) groups excluding carboxylic acids is 1. The number of carbonyl (C=O) groups is 1. The number of likely N-dealkylation sites (N-methyl/N-ethyl adjacent to an activating group) is 1. The van der Waals surface area contributed by atoms with Crippen molar-refractivity contribution in [1.82, 2.24) is 24.8 Å². The van der Waals surface area contributed by atoms with Gasteiger partial charge < -0.3 is 20.0 Å². The Morgan fingerprint density at radius 2 is 1.94 bits per heavy atom. The number of fused-ring (bicyclic) bond motifs is 1. The number of pyridine rings is 1. The number of para-hydroxylation sites is 1. The molecule has 1 aromatic carbocycles. The van der Waals surface area contributed by atoms with E-state index in [-0.39, 0.29) is 11.8 Å². The summed E-state index contributed by atoms with van der Waals surface area (Å²) in [5.74, 6) is 1.78. The molecule has 2 aromatic heterocycles. The summed E-state index contributed by atoms with van der Waals surface area (Å²) in [6.07, 6.45) is 5.99. The number of hydrogen-bond acceptors (Lipinski definition) is 7. The lowest BCUT2D eigenvalue weighted by molar-refractivity contribution is -0.125. The fraction of sp³-hybridized carbons (Fsp3) is 0.360. The molecule has 8 nitrogen and oxygen atoms in total. The molecule has 2 aliphatic rings. The zero-order valence-corrected chi connectivity index (χ0v) is 18.9. The number of nitrogens with zero attached hydrogens (tertiary/aromatic N) is 6. The Kier molecular flexibility index (Phi) is 5.92. The zero-order chi connectivity index (χ0) is 22.8. The minimum Gasteiger partial charge on any atom is -0.354 e. The van der Waals surface area contributed by atoms with Gasteiger partial charge in [0.25, 0.3) is 0 Å². The van der Waals surface area contributed by atoms with Crippen LogP contribution in [0, 0.1) is 0 Å². The van der Waals surface area contributed by atoms with E-state index in [2.05, 4.69) is 44.8 Å². The van der Waals surface area contributed by atoms with Gasteiger partial charge in [0, 0.05) is 56.8 Å². The number of aromatic nitrogens is 3. The van der Waals surface area contributed by atoms with Crippen molar-refractivity contribution >= 4 is 34.3 Å². The van der Waals surface area contributed by atoms with Gasteiger partial charge in [-0.1, -0.05) is 24.8 Å². The van der Waals surface area contributed by atoms with E-state index < -0.39 is 0 Å². The molecular weight excluding hydrogens is 414 g/mol. The van der Waals surface area contributed by atoms with Crippen LogP contribution in [0.15, 0.2) is 55.4 Å². The Labute approximate surface area is 193 Å². The van der Waals surface area contributed by atoms with Crippen molar-refractivity contribution < 1.29 is 4.79 Å². The van der Waals surface area contributed by atoms with Crippen LogP contribution >= 0.6 is 0 Å². The van der Waals surface area contributed by atoms with E-state index in [1.54, 1.807) is 0 Å². The van der Waals surface area contributed by atoms with E-state index in [4.69, 9.17) is 4.98 Å². The molecule has 2 fully saturated rings. The molecule has 2 aliphatic heterocycles. The molecule has 1 amide bonds. The van der Waals surface area contributed by atoms with Crippen molar-refractivity contribution in [3.05, 3.63) is 60.9 Å². The molecule has 1 atom stereocenters. The Morgan fingerprint density at radius 3 is 2.70 bits per heavy atom. The number of benzene rings is 1. The summed E-state index contributed by atoms with van der Waals surface area (Å²) in [5, 5.41) is 4.29. The molecule has 33 heavy (non-hydrogen) atoms. The maximum Gasteiger partial charge on any atom is 0.245 e. The Morgan fingerprint density at radius 1 is 1.09 bits per heavy atom. The van der Waals surface area contributed by atoms with Crippen molar-refractivity contribution in [3.63, 3.8) is 0 Å². The maximum atomic E-state index is 12.0. The molecule has 0 bridgehead atoms. The van der Waals surface area contributed by atoms with E-state index in [0.29, 0.717) is 12.5 Å². The van der Waals surface area contributed by atoms with Gasteiger partial charge in [-0.15, -0.1) is 0 Å².